The standard InChI is InChI=1S/C24H24N2O2S2/c1-3-16(2)18-8-5-7-11-21(18)28-13-12-26-15-17(19-9-4-6-10-20(19)26)14-22-23(27)25-24(29)30-22/h4-11,14-16H,3,12-13H2,1-2H3,(H,25,27,29). The van der Waals surface area contributed by atoms with Crippen LogP contribution in [0, 0.1) is 0 Å². The number of ether oxygens (including phenoxy) is 1. The number of aromatic nitrogens is 1. The number of nitrogens with one attached hydrogen (secondary N) is 1. The molecule has 30 heavy (non-hydrogen) atoms. The van der Waals surface area contributed by atoms with E-state index in [2.05, 4.69) is 54.2 Å². The first-order chi connectivity index (χ1) is 14.6. The van der Waals surface area contributed by atoms with E-state index >= 15 is 0 Å². The first kappa shape index (κ1) is 20.7. The topological polar surface area (TPSA) is 43.3 Å². The molecule has 1 amide bonds. The number of nitrogens with zero attached hydrogens (tertiary/aromatic N) is 1. The number of fused-ring (bicyclic) bond motifs is 1. The summed E-state index contributed by atoms with van der Waals surface area (Å²) in [7, 11) is 0. The predicted octanol–water partition coefficient (Wildman–Crippen LogP) is 5.72. The lowest BCUT2D eigenvalue weighted by Crippen LogP contribution is -2.17. The van der Waals surface area contributed by atoms with Crippen LogP contribution in [0.5, 0.6) is 5.75 Å². The molecule has 2 aromatic carbocycles. The van der Waals surface area contributed by atoms with Crippen LogP contribution in [0.2, 0.25) is 0 Å². The van der Waals surface area contributed by atoms with E-state index in [0.29, 0.717) is 21.8 Å². The highest BCUT2D eigenvalue weighted by Gasteiger charge is 2.22. The molecule has 154 valence electrons. The SMILES string of the molecule is CCC(C)c1ccccc1OCCn1cc(C=C2SC(=S)NC2=O)c2ccccc21. The number of carbonyl (C=O) groups is 1. The van der Waals surface area contributed by atoms with E-state index in [-0.39, 0.29) is 5.91 Å². The van der Waals surface area contributed by atoms with Gasteiger partial charge in [-0.2, -0.15) is 0 Å². The Bertz CT molecular complexity index is 1130. The molecule has 6 heteroatoms. The summed E-state index contributed by atoms with van der Waals surface area (Å²) in [5.41, 5.74) is 3.38. The van der Waals surface area contributed by atoms with E-state index in [4.69, 9.17) is 17.0 Å². The molecule has 0 radical (unpaired) electrons. The molecule has 0 spiro atoms. The van der Waals surface area contributed by atoms with Crippen molar-refractivity contribution in [1.29, 1.82) is 0 Å². The van der Waals surface area contributed by atoms with Gasteiger partial charge >= 0.3 is 0 Å². The van der Waals surface area contributed by atoms with E-state index in [1.807, 2.05) is 30.3 Å². The van der Waals surface area contributed by atoms with Crippen molar-refractivity contribution in [2.75, 3.05) is 6.61 Å². The number of para-hydroxylation sites is 2. The molecule has 1 N–H and O–H groups in total. The second-order valence-electron chi connectivity index (χ2n) is 7.34. The maximum Gasteiger partial charge on any atom is 0.263 e. The summed E-state index contributed by atoms with van der Waals surface area (Å²) < 4.78 is 8.85. The van der Waals surface area contributed by atoms with Gasteiger partial charge in [0.25, 0.3) is 5.91 Å². The lowest BCUT2D eigenvalue weighted by molar-refractivity contribution is -0.115. The lowest BCUT2D eigenvalue weighted by Gasteiger charge is -2.16. The number of carbonyl (C=O) groups excluding carboxylic acids is 1. The fourth-order valence-corrected chi connectivity index (χ4v) is 4.67. The third kappa shape index (κ3) is 4.30. The Morgan fingerprint density at radius 1 is 1.20 bits per heavy atom. The maximum atomic E-state index is 12.1. The molecule has 0 aliphatic carbocycles. The molecule has 4 rings (SSSR count). The molecule has 2 heterocycles. The van der Waals surface area contributed by atoms with E-state index in [0.717, 1.165) is 35.2 Å². The van der Waals surface area contributed by atoms with Crippen molar-refractivity contribution in [2.45, 2.75) is 32.7 Å². The van der Waals surface area contributed by atoms with Gasteiger partial charge in [0.1, 0.15) is 16.7 Å². The van der Waals surface area contributed by atoms with Crippen molar-refractivity contribution in [2.24, 2.45) is 0 Å². The van der Waals surface area contributed by atoms with Crippen molar-refractivity contribution < 1.29 is 9.53 Å². The van der Waals surface area contributed by atoms with Gasteiger partial charge in [0, 0.05) is 22.7 Å². The Morgan fingerprint density at radius 3 is 2.73 bits per heavy atom. The van der Waals surface area contributed by atoms with Crippen molar-refractivity contribution in [3.05, 3.63) is 70.8 Å². The average Bonchev–Trinajstić information content (AvgIpc) is 3.27. The predicted molar refractivity (Wildman–Crippen MR) is 129 cm³/mol. The van der Waals surface area contributed by atoms with Crippen LogP contribution in [0.3, 0.4) is 0 Å². The van der Waals surface area contributed by atoms with Crippen LogP contribution in [0.15, 0.2) is 59.6 Å². The highest BCUT2D eigenvalue weighted by Crippen LogP contribution is 2.31. The van der Waals surface area contributed by atoms with Crippen LogP contribution in [-0.4, -0.2) is 21.4 Å². The summed E-state index contributed by atoms with van der Waals surface area (Å²) in [6.07, 6.45) is 5.07. The molecule has 0 saturated carbocycles. The molecule has 1 aliphatic heterocycles. The quantitative estimate of drug-likeness (QED) is 0.380. The number of hydrogen-bond donors (Lipinski definition) is 1. The highest BCUT2D eigenvalue weighted by molar-refractivity contribution is 8.26. The smallest absolute Gasteiger partial charge is 0.263 e. The van der Waals surface area contributed by atoms with Gasteiger partial charge in [-0.05, 0) is 36.1 Å². The van der Waals surface area contributed by atoms with Crippen LogP contribution in [-0.2, 0) is 11.3 Å². The van der Waals surface area contributed by atoms with Gasteiger partial charge in [-0.3, -0.25) is 4.79 Å². The zero-order valence-electron chi connectivity index (χ0n) is 17.1. The van der Waals surface area contributed by atoms with Crippen LogP contribution in [0.25, 0.3) is 17.0 Å². The third-order valence-corrected chi connectivity index (χ3v) is 6.56. The van der Waals surface area contributed by atoms with Crippen LogP contribution >= 0.6 is 24.0 Å². The average molecular weight is 437 g/mol. The van der Waals surface area contributed by atoms with Gasteiger partial charge < -0.3 is 14.6 Å². The van der Waals surface area contributed by atoms with Crippen molar-refractivity contribution in [1.82, 2.24) is 9.88 Å². The fourth-order valence-electron chi connectivity index (χ4n) is 3.63. The Kier molecular flexibility index (Phi) is 6.25. The summed E-state index contributed by atoms with van der Waals surface area (Å²) >= 11 is 6.41. The first-order valence-corrected chi connectivity index (χ1v) is 11.3. The molecular formula is C24H24N2O2S2. The number of thiocarbonyl (C=S) groups is 1. The minimum Gasteiger partial charge on any atom is -0.491 e. The first-order valence-electron chi connectivity index (χ1n) is 10.1. The largest absolute Gasteiger partial charge is 0.491 e. The van der Waals surface area contributed by atoms with Gasteiger partial charge in [-0.15, -0.1) is 0 Å². The van der Waals surface area contributed by atoms with Crippen LogP contribution < -0.4 is 10.1 Å². The van der Waals surface area contributed by atoms with Gasteiger partial charge in [-0.25, -0.2) is 0 Å². The normalized spacial score (nSPS) is 16.3. The van der Waals surface area contributed by atoms with Gasteiger partial charge in [0.05, 0.1) is 11.4 Å². The molecule has 1 fully saturated rings. The Hall–Kier alpha value is -2.57. The zero-order chi connectivity index (χ0) is 21.1. The van der Waals surface area contributed by atoms with Crippen LogP contribution in [0.4, 0.5) is 0 Å². The second kappa shape index (κ2) is 9.06. The van der Waals surface area contributed by atoms with Gasteiger partial charge in [0.2, 0.25) is 0 Å². The lowest BCUT2D eigenvalue weighted by atomic mass is 9.98. The maximum absolute atomic E-state index is 12.1. The molecule has 1 saturated heterocycles. The van der Waals surface area contributed by atoms with Crippen molar-refractivity contribution in [3.8, 4) is 5.75 Å². The molecule has 1 atom stereocenters. The molecule has 1 aliphatic rings. The van der Waals surface area contributed by atoms with E-state index < -0.39 is 0 Å². The Labute approximate surface area is 186 Å². The number of hydrogen-bond acceptors (Lipinski definition) is 4. The molecule has 1 aromatic heterocycles. The second-order valence-corrected chi connectivity index (χ2v) is 9.06. The molecular weight excluding hydrogens is 412 g/mol. The van der Waals surface area contributed by atoms with Gasteiger partial charge in [0.15, 0.2) is 0 Å². The molecule has 0 bridgehead atoms. The van der Waals surface area contributed by atoms with E-state index in [9.17, 15) is 4.79 Å². The number of benzene rings is 2. The van der Waals surface area contributed by atoms with E-state index in [1.54, 1.807) is 0 Å². The Morgan fingerprint density at radius 2 is 1.97 bits per heavy atom. The molecule has 4 nitrogen and oxygen atoms in total. The summed E-state index contributed by atoms with van der Waals surface area (Å²) in [6, 6.07) is 16.5. The number of amides is 1. The van der Waals surface area contributed by atoms with E-state index in [1.165, 1.54) is 17.3 Å². The minimum atomic E-state index is -0.133. The molecule has 3 aromatic rings. The highest BCUT2D eigenvalue weighted by atomic mass is 32.2. The van der Waals surface area contributed by atoms with Crippen LogP contribution in [0.1, 0.15) is 37.3 Å². The summed E-state index contributed by atoms with van der Waals surface area (Å²) in [5, 5.41) is 3.78. The zero-order valence-corrected chi connectivity index (χ0v) is 18.7. The number of thioether (sulfide) groups is 1. The summed E-state index contributed by atoms with van der Waals surface area (Å²) in [4.78, 5) is 12.7. The monoisotopic (exact) mass is 436 g/mol. The van der Waals surface area contributed by atoms with Gasteiger partial charge in [-0.1, -0.05) is 74.2 Å². The Balaban J connectivity index is 1.56. The minimum absolute atomic E-state index is 0.133. The van der Waals surface area contributed by atoms with Crippen molar-refractivity contribution >= 4 is 51.2 Å². The number of rotatable bonds is 7. The van der Waals surface area contributed by atoms with Crippen molar-refractivity contribution in [3.63, 3.8) is 0 Å². The summed E-state index contributed by atoms with van der Waals surface area (Å²) in [6.45, 7) is 5.71. The fraction of sp³-hybridized carbons (Fsp3) is 0.250. The third-order valence-electron chi connectivity index (χ3n) is 5.40. The summed E-state index contributed by atoms with van der Waals surface area (Å²) in [5.74, 6) is 1.29. The molecule has 1 unspecified atom stereocenters.